The fourth-order valence-electron chi connectivity index (χ4n) is 6.67. The van der Waals surface area contributed by atoms with E-state index in [0.717, 1.165) is 0 Å². The van der Waals surface area contributed by atoms with Gasteiger partial charge in [-0.15, -0.1) is 0 Å². The molecule has 1 spiro atoms. The lowest BCUT2D eigenvalue weighted by atomic mass is 9.64. The first-order valence-corrected chi connectivity index (χ1v) is 12.9. The molecule has 39 heavy (non-hydrogen) atoms. The number of pyridine rings is 1. The lowest BCUT2D eigenvalue weighted by molar-refractivity contribution is 0.0666. The van der Waals surface area contributed by atoms with E-state index >= 15 is 0 Å². The number of carbonyl (C=O) groups excluding carboxylic acids is 3. The Morgan fingerprint density at radius 3 is 2.31 bits per heavy atom. The van der Waals surface area contributed by atoms with E-state index in [2.05, 4.69) is 4.98 Å². The summed E-state index contributed by atoms with van der Waals surface area (Å²) in [5, 5.41) is 0.481. The van der Waals surface area contributed by atoms with Gasteiger partial charge in [0.1, 0.15) is 17.3 Å². The molecule has 0 amide bonds. The predicted molar refractivity (Wildman–Crippen MR) is 146 cm³/mol. The lowest BCUT2D eigenvalue weighted by Crippen LogP contribution is -2.48. The Bertz CT molecular complexity index is 1680. The number of benzene rings is 3. The first kappa shape index (κ1) is 23.7. The quantitative estimate of drug-likeness (QED) is 0.231. The molecule has 3 atom stereocenters. The zero-order chi connectivity index (χ0) is 26.9. The van der Waals surface area contributed by atoms with E-state index in [1.165, 1.54) is 12.1 Å². The molecule has 0 saturated carbocycles. The highest BCUT2D eigenvalue weighted by molar-refractivity contribution is 6.32. The van der Waals surface area contributed by atoms with Crippen LogP contribution in [-0.2, 0) is 0 Å². The van der Waals surface area contributed by atoms with Crippen molar-refractivity contribution in [3.8, 4) is 0 Å². The van der Waals surface area contributed by atoms with Gasteiger partial charge in [-0.1, -0.05) is 54.1 Å². The van der Waals surface area contributed by atoms with Crippen LogP contribution >= 0.6 is 11.6 Å². The molecule has 3 aromatic carbocycles. The van der Waals surface area contributed by atoms with E-state index < -0.39 is 29.2 Å². The molecule has 4 aromatic rings. The van der Waals surface area contributed by atoms with Gasteiger partial charge in [-0.05, 0) is 54.1 Å². The average Bonchev–Trinajstić information content (AvgIpc) is 3.39. The van der Waals surface area contributed by atoms with E-state index in [4.69, 9.17) is 11.6 Å². The molecule has 1 saturated heterocycles. The van der Waals surface area contributed by atoms with Crippen LogP contribution in [0.4, 0.5) is 10.1 Å². The molecule has 2 aliphatic heterocycles. The smallest absolute Gasteiger partial charge is 0.185 e. The average molecular weight is 535 g/mol. The fourth-order valence-corrected chi connectivity index (χ4v) is 6.79. The first-order chi connectivity index (χ1) is 18.9. The van der Waals surface area contributed by atoms with Crippen LogP contribution in [0, 0.1) is 11.2 Å². The Labute approximate surface area is 228 Å². The van der Waals surface area contributed by atoms with E-state index in [0.29, 0.717) is 38.5 Å². The largest absolute Gasteiger partial charge is 0.352 e. The van der Waals surface area contributed by atoms with Crippen molar-refractivity contribution >= 4 is 40.7 Å². The molecule has 190 valence electrons. The Hall–Kier alpha value is -4.42. The molecule has 1 aromatic heterocycles. The number of hydrogen-bond acceptors (Lipinski definition) is 5. The van der Waals surface area contributed by atoms with Gasteiger partial charge in [-0.25, -0.2) is 4.39 Å². The minimum Gasteiger partial charge on any atom is -0.352 e. The third kappa shape index (κ3) is 3.18. The summed E-state index contributed by atoms with van der Waals surface area (Å²) in [6.07, 6.45) is 6.73. The number of fused-ring (bicyclic) bond motifs is 5. The minimum absolute atomic E-state index is 0.274. The molecule has 0 N–H and O–H groups in total. The summed E-state index contributed by atoms with van der Waals surface area (Å²) >= 11 is 6.12. The van der Waals surface area contributed by atoms with Gasteiger partial charge >= 0.3 is 0 Å². The monoisotopic (exact) mass is 534 g/mol. The molecule has 1 fully saturated rings. The van der Waals surface area contributed by atoms with Gasteiger partial charge in [-0.3, -0.25) is 19.4 Å². The van der Waals surface area contributed by atoms with Crippen LogP contribution in [0.1, 0.15) is 48.1 Å². The maximum atomic E-state index is 14.5. The van der Waals surface area contributed by atoms with Gasteiger partial charge in [-0.2, -0.15) is 0 Å². The number of halogens is 2. The van der Waals surface area contributed by atoms with Gasteiger partial charge in [0.05, 0.1) is 6.04 Å². The first-order valence-electron chi connectivity index (χ1n) is 12.6. The Morgan fingerprint density at radius 2 is 1.64 bits per heavy atom. The normalized spacial score (nSPS) is 22.1. The van der Waals surface area contributed by atoms with Crippen LogP contribution in [0.5, 0.6) is 0 Å². The Balaban J connectivity index is 1.54. The highest BCUT2D eigenvalue weighted by Gasteiger charge is 2.71. The zero-order valence-corrected chi connectivity index (χ0v) is 21.2. The van der Waals surface area contributed by atoms with Crippen LogP contribution in [0.3, 0.4) is 0 Å². The summed E-state index contributed by atoms with van der Waals surface area (Å²) in [5.74, 6) is -2.21. The van der Waals surface area contributed by atoms with E-state index in [9.17, 15) is 18.8 Å². The SMILES string of the molecule is O=C(c1ccc(Cl)cc1)[C@H]1[C@H](c2cccnc2)C2(C(=O)c3ccccc3C2=O)C2C=Cc3cc(F)ccc3N21. The number of anilines is 1. The third-order valence-electron chi connectivity index (χ3n) is 8.21. The topological polar surface area (TPSA) is 67.3 Å². The Kier molecular flexibility index (Phi) is 5.19. The minimum atomic E-state index is -1.62. The predicted octanol–water partition coefficient (Wildman–Crippen LogP) is 6.19. The molecule has 0 radical (unpaired) electrons. The van der Waals surface area contributed by atoms with Crippen molar-refractivity contribution in [2.24, 2.45) is 5.41 Å². The molecule has 7 rings (SSSR count). The summed E-state index contributed by atoms with van der Waals surface area (Å²) in [6, 6.07) is 19.5. The van der Waals surface area contributed by atoms with E-state index in [1.807, 2.05) is 4.90 Å². The lowest BCUT2D eigenvalue weighted by Gasteiger charge is -2.37. The summed E-state index contributed by atoms with van der Waals surface area (Å²) in [5.41, 5.74) is 1.20. The second kappa shape index (κ2) is 8.55. The molecular weight excluding hydrogens is 515 g/mol. The number of Topliss-reactive ketones (excluding diaryl/α,β-unsaturated/α-hetero) is 3. The van der Waals surface area contributed by atoms with Crippen LogP contribution < -0.4 is 4.90 Å². The van der Waals surface area contributed by atoms with E-state index in [1.54, 1.807) is 91.3 Å². The number of ketones is 3. The summed E-state index contributed by atoms with van der Waals surface area (Å²) in [4.78, 5) is 49.6. The van der Waals surface area contributed by atoms with Crippen molar-refractivity contribution in [3.63, 3.8) is 0 Å². The maximum absolute atomic E-state index is 14.5. The second-order valence-corrected chi connectivity index (χ2v) is 10.5. The fraction of sp³-hybridized carbons (Fsp3) is 0.125. The molecule has 1 aliphatic carbocycles. The van der Waals surface area contributed by atoms with Gasteiger partial charge in [0, 0.05) is 51.3 Å². The molecule has 3 aliphatic rings. The van der Waals surface area contributed by atoms with Crippen LogP contribution in [-0.4, -0.2) is 34.4 Å². The van der Waals surface area contributed by atoms with Crippen LogP contribution in [0.25, 0.3) is 6.08 Å². The number of carbonyl (C=O) groups is 3. The molecular formula is C32H20ClFN2O3. The standard InChI is InChI=1S/C32H20ClFN2O3/c33-21-10-7-18(8-11-21)29(37)28-27(20-4-3-15-35-17-20)32(30(38)23-5-1-2-6-24(23)31(32)39)26-14-9-19-16-22(34)12-13-25(19)36(26)28/h1-17,26-28H/t26?,27-,28+/m0/s1. The molecule has 0 bridgehead atoms. The number of hydrogen-bond donors (Lipinski definition) is 0. The van der Waals surface area contributed by atoms with Crippen molar-refractivity contribution in [2.45, 2.75) is 18.0 Å². The third-order valence-corrected chi connectivity index (χ3v) is 8.46. The summed E-state index contributed by atoms with van der Waals surface area (Å²) in [7, 11) is 0. The molecule has 1 unspecified atom stereocenters. The van der Waals surface area contributed by atoms with Gasteiger partial charge in [0.25, 0.3) is 0 Å². The molecule has 3 heterocycles. The number of aromatic nitrogens is 1. The number of nitrogens with zero attached hydrogens (tertiary/aromatic N) is 2. The van der Waals surface area contributed by atoms with Crippen LogP contribution in [0.15, 0.2) is 97.3 Å². The maximum Gasteiger partial charge on any atom is 0.185 e. The molecule has 5 nitrogen and oxygen atoms in total. The second-order valence-electron chi connectivity index (χ2n) is 10.1. The molecule has 7 heteroatoms. The highest BCUT2D eigenvalue weighted by atomic mass is 35.5. The van der Waals surface area contributed by atoms with Crippen molar-refractivity contribution < 1.29 is 18.8 Å². The Morgan fingerprint density at radius 1 is 0.923 bits per heavy atom. The van der Waals surface area contributed by atoms with Crippen molar-refractivity contribution in [3.05, 3.63) is 136 Å². The van der Waals surface area contributed by atoms with Crippen LogP contribution in [0.2, 0.25) is 5.02 Å². The summed E-state index contributed by atoms with van der Waals surface area (Å²) < 4.78 is 14.3. The zero-order valence-electron chi connectivity index (χ0n) is 20.4. The van der Waals surface area contributed by atoms with Crippen molar-refractivity contribution in [2.75, 3.05) is 4.90 Å². The number of rotatable bonds is 3. The van der Waals surface area contributed by atoms with Crippen molar-refractivity contribution in [1.82, 2.24) is 4.98 Å². The van der Waals surface area contributed by atoms with Crippen molar-refractivity contribution in [1.29, 1.82) is 0 Å². The van der Waals surface area contributed by atoms with Gasteiger partial charge in [0.15, 0.2) is 17.3 Å². The van der Waals surface area contributed by atoms with E-state index in [-0.39, 0.29) is 17.3 Å². The van der Waals surface area contributed by atoms with Gasteiger partial charge < -0.3 is 4.90 Å². The van der Waals surface area contributed by atoms with Gasteiger partial charge in [0.2, 0.25) is 0 Å². The summed E-state index contributed by atoms with van der Waals surface area (Å²) in [6.45, 7) is 0. The highest BCUT2D eigenvalue weighted by Crippen LogP contribution is 2.60.